The van der Waals surface area contributed by atoms with E-state index in [0.29, 0.717) is 5.15 Å². The maximum atomic E-state index is 5.95. The van der Waals surface area contributed by atoms with Crippen molar-refractivity contribution in [1.29, 1.82) is 0 Å². The summed E-state index contributed by atoms with van der Waals surface area (Å²) in [6.45, 7) is 3.01. The predicted molar refractivity (Wildman–Crippen MR) is 60.0 cm³/mol. The highest BCUT2D eigenvalue weighted by molar-refractivity contribution is 6.30. The van der Waals surface area contributed by atoms with Crippen molar-refractivity contribution in [3.05, 3.63) is 23.2 Å². The van der Waals surface area contributed by atoms with E-state index in [2.05, 4.69) is 14.5 Å². The normalized spacial score (nSPS) is 16.1. The molecule has 2 heterocycles. The lowest BCUT2D eigenvalue weighted by Gasteiger charge is -2.03. The van der Waals surface area contributed by atoms with Crippen LogP contribution in [0.1, 0.15) is 18.5 Å². The number of aryl methyl sites for hydroxylation is 1. The molecule has 1 aliphatic carbocycles. The van der Waals surface area contributed by atoms with Crippen molar-refractivity contribution in [3.8, 4) is 0 Å². The van der Waals surface area contributed by atoms with E-state index in [0.717, 1.165) is 29.2 Å². The smallest absolute Gasteiger partial charge is 0.131 e. The van der Waals surface area contributed by atoms with Crippen LogP contribution in [0.25, 0.3) is 11.0 Å². The van der Waals surface area contributed by atoms with Crippen molar-refractivity contribution in [3.63, 3.8) is 0 Å². The lowest BCUT2D eigenvalue weighted by atomic mass is 10.3. The number of hydrogen-bond acceptors (Lipinski definition) is 2. The van der Waals surface area contributed by atoms with Gasteiger partial charge in [-0.15, -0.1) is 0 Å². The molecule has 0 atom stereocenters. The van der Waals surface area contributed by atoms with Crippen LogP contribution in [0.2, 0.25) is 5.15 Å². The fourth-order valence-electron chi connectivity index (χ4n) is 1.90. The number of hydrogen-bond donors (Lipinski definition) is 0. The second kappa shape index (κ2) is 3.20. The zero-order valence-corrected chi connectivity index (χ0v) is 9.33. The fourth-order valence-corrected chi connectivity index (χ4v) is 2.13. The second-order valence-corrected chi connectivity index (χ2v) is 4.63. The number of aromatic nitrogens is 3. The molecule has 1 saturated carbocycles. The van der Waals surface area contributed by atoms with Gasteiger partial charge < -0.3 is 4.57 Å². The van der Waals surface area contributed by atoms with Crippen LogP contribution in [-0.2, 0) is 6.54 Å². The second-order valence-electron chi connectivity index (χ2n) is 4.24. The zero-order valence-electron chi connectivity index (χ0n) is 8.57. The standard InChI is InChI=1S/C11H12ClN3/c1-7-11-9(4-10(12)14-7)15(6-13-11)5-8-2-3-8/h4,6,8H,2-3,5H2,1H3. The van der Waals surface area contributed by atoms with Crippen LogP contribution >= 0.6 is 11.6 Å². The SMILES string of the molecule is Cc1nc(Cl)cc2c1ncn2CC1CC1. The average molecular weight is 222 g/mol. The molecule has 0 aromatic carbocycles. The Labute approximate surface area is 93.1 Å². The van der Waals surface area contributed by atoms with Crippen molar-refractivity contribution >= 4 is 22.6 Å². The summed E-state index contributed by atoms with van der Waals surface area (Å²) in [4.78, 5) is 8.58. The minimum Gasteiger partial charge on any atom is -0.330 e. The Morgan fingerprint density at radius 3 is 3.07 bits per heavy atom. The Bertz CT molecular complexity index is 514. The van der Waals surface area contributed by atoms with E-state index in [9.17, 15) is 0 Å². The van der Waals surface area contributed by atoms with Gasteiger partial charge in [0.15, 0.2) is 0 Å². The molecule has 1 fully saturated rings. The summed E-state index contributed by atoms with van der Waals surface area (Å²) in [6, 6.07) is 1.90. The van der Waals surface area contributed by atoms with Gasteiger partial charge in [0.25, 0.3) is 0 Å². The lowest BCUT2D eigenvalue weighted by molar-refractivity contribution is 0.642. The third-order valence-corrected chi connectivity index (χ3v) is 3.10. The van der Waals surface area contributed by atoms with Gasteiger partial charge in [-0.1, -0.05) is 11.6 Å². The minimum atomic E-state index is 0.553. The average Bonchev–Trinajstić information content (AvgIpc) is 2.89. The van der Waals surface area contributed by atoms with Gasteiger partial charge in [-0.2, -0.15) is 0 Å². The van der Waals surface area contributed by atoms with Crippen molar-refractivity contribution in [2.45, 2.75) is 26.3 Å². The molecule has 0 spiro atoms. The van der Waals surface area contributed by atoms with Gasteiger partial charge in [-0.05, 0) is 25.7 Å². The maximum Gasteiger partial charge on any atom is 0.131 e. The molecule has 3 nitrogen and oxygen atoms in total. The molecule has 15 heavy (non-hydrogen) atoms. The van der Waals surface area contributed by atoms with E-state index < -0.39 is 0 Å². The Morgan fingerprint density at radius 2 is 2.33 bits per heavy atom. The summed E-state index contributed by atoms with van der Waals surface area (Å²) in [5, 5.41) is 0.553. The number of halogens is 1. The molecule has 0 N–H and O–H groups in total. The molecule has 3 rings (SSSR count). The number of nitrogens with zero attached hydrogens (tertiary/aromatic N) is 3. The van der Waals surface area contributed by atoms with Gasteiger partial charge in [0.2, 0.25) is 0 Å². The summed E-state index contributed by atoms with van der Waals surface area (Å²) in [6.07, 6.45) is 4.59. The number of pyridine rings is 1. The maximum absolute atomic E-state index is 5.95. The van der Waals surface area contributed by atoms with E-state index in [1.54, 1.807) is 0 Å². The van der Waals surface area contributed by atoms with Crippen LogP contribution in [0.3, 0.4) is 0 Å². The van der Waals surface area contributed by atoms with Gasteiger partial charge in [0, 0.05) is 12.6 Å². The summed E-state index contributed by atoms with van der Waals surface area (Å²) in [5.74, 6) is 0.842. The summed E-state index contributed by atoms with van der Waals surface area (Å²) in [7, 11) is 0. The fraction of sp³-hybridized carbons (Fsp3) is 0.455. The van der Waals surface area contributed by atoms with Gasteiger partial charge in [0.1, 0.15) is 10.7 Å². The Kier molecular flexibility index (Phi) is 1.96. The molecule has 0 amide bonds. The number of rotatable bonds is 2. The molecule has 0 radical (unpaired) electrons. The van der Waals surface area contributed by atoms with Crippen LogP contribution in [0, 0.1) is 12.8 Å². The third kappa shape index (κ3) is 1.61. The molecule has 2 aromatic heterocycles. The molecule has 78 valence electrons. The zero-order chi connectivity index (χ0) is 10.4. The van der Waals surface area contributed by atoms with Crippen LogP contribution < -0.4 is 0 Å². The predicted octanol–water partition coefficient (Wildman–Crippen LogP) is 2.80. The van der Waals surface area contributed by atoms with E-state index in [1.165, 1.54) is 12.8 Å². The first-order valence-corrected chi connectivity index (χ1v) is 5.60. The Balaban J connectivity index is 2.14. The number of imidazole rings is 1. The van der Waals surface area contributed by atoms with E-state index in [-0.39, 0.29) is 0 Å². The van der Waals surface area contributed by atoms with E-state index in [4.69, 9.17) is 11.6 Å². The Hall–Kier alpha value is -1.09. The van der Waals surface area contributed by atoms with Crippen molar-refractivity contribution in [1.82, 2.24) is 14.5 Å². The molecular weight excluding hydrogens is 210 g/mol. The third-order valence-electron chi connectivity index (χ3n) is 2.90. The minimum absolute atomic E-state index is 0.553. The molecule has 0 saturated heterocycles. The molecular formula is C11H12ClN3. The topological polar surface area (TPSA) is 30.7 Å². The monoisotopic (exact) mass is 221 g/mol. The van der Waals surface area contributed by atoms with Gasteiger partial charge in [0.05, 0.1) is 17.5 Å². The van der Waals surface area contributed by atoms with Crippen molar-refractivity contribution < 1.29 is 0 Å². The molecule has 0 aliphatic heterocycles. The first-order valence-electron chi connectivity index (χ1n) is 5.22. The van der Waals surface area contributed by atoms with E-state index in [1.807, 2.05) is 19.3 Å². The highest BCUT2D eigenvalue weighted by atomic mass is 35.5. The summed E-state index contributed by atoms with van der Waals surface area (Å²) < 4.78 is 2.19. The summed E-state index contributed by atoms with van der Waals surface area (Å²) in [5.41, 5.74) is 2.99. The van der Waals surface area contributed by atoms with Crippen LogP contribution in [0.5, 0.6) is 0 Å². The first kappa shape index (κ1) is 9.16. The highest BCUT2D eigenvalue weighted by Gasteiger charge is 2.22. The summed E-state index contributed by atoms with van der Waals surface area (Å²) >= 11 is 5.95. The quantitative estimate of drug-likeness (QED) is 0.731. The molecule has 1 aliphatic rings. The van der Waals surface area contributed by atoms with Crippen molar-refractivity contribution in [2.24, 2.45) is 5.92 Å². The molecule has 0 bridgehead atoms. The van der Waals surface area contributed by atoms with Crippen molar-refractivity contribution in [2.75, 3.05) is 0 Å². The van der Waals surface area contributed by atoms with Crippen LogP contribution in [0.4, 0.5) is 0 Å². The van der Waals surface area contributed by atoms with Gasteiger partial charge in [-0.3, -0.25) is 0 Å². The molecule has 2 aromatic rings. The van der Waals surface area contributed by atoms with E-state index >= 15 is 0 Å². The van der Waals surface area contributed by atoms with Crippen LogP contribution in [-0.4, -0.2) is 14.5 Å². The first-order chi connectivity index (χ1) is 7.24. The Morgan fingerprint density at radius 1 is 1.53 bits per heavy atom. The number of fused-ring (bicyclic) bond motifs is 1. The molecule has 0 unspecified atom stereocenters. The molecule has 4 heteroatoms. The van der Waals surface area contributed by atoms with Crippen LogP contribution in [0.15, 0.2) is 12.4 Å². The lowest BCUT2D eigenvalue weighted by Crippen LogP contribution is -1.98. The van der Waals surface area contributed by atoms with Gasteiger partial charge >= 0.3 is 0 Å². The largest absolute Gasteiger partial charge is 0.330 e. The highest BCUT2D eigenvalue weighted by Crippen LogP contribution is 2.32. The van der Waals surface area contributed by atoms with Gasteiger partial charge in [-0.25, -0.2) is 9.97 Å².